The summed E-state index contributed by atoms with van der Waals surface area (Å²) >= 11 is 8.15. The van der Waals surface area contributed by atoms with Crippen molar-refractivity contribution in [2.75, 3.05) is 38.6 Å². The Hall–Kier alpha value is -1.06. The summed E-state index contributed by atoms with van der Waals surface area (Å²) < 4.78 is 7.95. The average Bonchev–Trinajstić information content (AvgIpc) is 3.19. The molecule has 0 aromatic carbocycles. The molecule has 0 saturated carbocycles. The van der Waals surface area contributed by atoms with Crippen LogP contribution in [0.1, 0.15) is 21.0 Å². The summed E-state index contributed by atoms with van der Waals surface area (Å²) in [4.78, 5) is 15.3. The van der Waals surface area contributed by atoms with E-state index in [1.807, 2.05) is 22.1 Å². The van der Waals surface area contributed by atoms with E-state index in [1.165, 1.54) is 22.7 Å². The Bertz CT molecular complexity index is 715. The van der Waals surface area contributed by atoms with Crippen molar-refractivity contribution in [3.63, 3.8) is 0 Å². The first-order valence-corrected chi connectivity index (χ1v) is 9.76. The van der Waals surface area contributed by atoms with Gasteiger partial charge in [-0.25, -0.2) is 0 Å². The molecule has 5 nitrogen and oxygen atoms in total. The van der Waals surface area contributed by atoms with Gasteiger partial charge in [0.25, 0.3) is 0 Å². The zero-order valence-electron chi connectivity index (χ0n) is 12.7. The summed E-state index contributed by atoms with van der Waals surface area (Å²) in [6.45, 7) is 5.65. The van der Waals surface area contributed by atoms with Crippen LogP contribution in [-0.4, -0.2) is 43.2 Å². The van der Waals surface area contributed by atoms with Crippen LogP contribution in [0.3, 0.4) is 0 Å². The molecule has 3 rings (SSSR count). The highest BCUT2D eigenvalue weighted by molar-refractivity contribution is 7.73. The molecule has 3 heterocycles. The molecule has 124 valence electrons. The normalized spacial score (nSPS) is 15.8. The Labute approximate surface area is 148 Å². The second-order valence-corrected chi connectivity index (χ2v) is 8.10. The Kier molecular flexibility index (Phi) is 5.60. The maximum atomic E-state index is 12.5. The van der Waals surface area contributed by atoms with Crippen LogP contribution in [0.25, 0.3) is 0 Å². The third-order valence-electron chi connectivity index (χ3n) is 4.00. The van der Waals surface area contributed by atoms with E-state index >= 15 is 0 Å². The molecule has 3 N–H and O–H groups in total. The first-order valence-electron chi connectivity index (χ1n) is 7.65. The number of nitrogens with zero attached hydrogens (tertiary/aromatic N) is 1. The van der Waals surface area contributed by atoms with Gasteiger partial charge in [-0.05, 0) is 23.7 Å². The fourth-order valence-corrected chi connectivity index (χ4v) is 4.77. The van der Waals surface area contributed by atoms with Gasteiger partial charge in [0.15, 0.2) is 3.95 Å². The van der Waals surface area contributed by atoms with Crippen LogP contribution in [0.2, 0.25) is 0 Å². The van der Waals surface area contributed by atoms with Crippen molar-refractivity contribution in [3.8, 4) is 0 Å². The minimum atomic E-state index is -0.0221. The Morgan fingerprint density at radius 2 is 2.22 bits per heavy atom. The van der Waals surface area contributed by atoms with Crippen molar-refractivity contribution in [1.29, 1.82) is 0 Å². The third kappa shape index (κ3) is 3.89. The number of nitrogens with two attached hydrogens (primary N) is 1. The lowest BCUT2D eigenvalue weighted by atomic mass is 10.2. The van der Waals surface area contributed by atoms with Crippen LogP contribution < -0.4 is 10.6 Å². The van der Waals surface area contributed by atoms with Crippen molar-refractivity contribution in [1.82, 2.24) is 4.57 Å². The molecule has 8 heteroatoms. The van der Waals surface area contributed by atoms with Gasteiger partial charge < -0.3 is 19.9 Å². The lowest BCUT2D eigenvalue weighted by Crippen LogP contribution is -3.14. The van der Waals surface area contributed by atoms with E-state index in [0.29, 0.717) is 19.5 Å². The number of anilines is 1. The Morgan fingerprint density at radius 1 is 1.43 bits per heavy atom. The number of thiazole rings is 1. The molecule has 0 amide bonds. The van der Waals surface area contributed by atoms with E-state index < -0.39 is 0 Å². The summed E-state index contributed by atoms with van der Waals surface area (Å²) in [7, 11) is 0. The Balaban J connectivity index is 1.66. The van der Waals surface area contributed by atoms with Crippen LogP contribution >= 0.6 is 34.9 Å². The van der Waals surface area contributed by atoms with Crippen molar-refractivity contribution >= 4 is 46.5 Å². The Morgan fingerprint density at radius 3 is 2.91 bits per heavy atom. The zero-order valence-corrected chi connectivity index (χ0v) is 15.2. The van der Waals surface area contributed by atoms with E-state index in [1.54, 1.807) is 4.90 Å². The van der Waals surface area contributed by atoms with Gasteiger partial charge in [0.05, 0.1) is 24.6 Å². The SMILES string of the molecule is Nc1c(C(=O)c2cccs2)sc(=S)n1CCC[NH+]1CCOCC1. The molecule has 1 fully saturated rings. The van der Waals surface area contributed by atoms with Gasteiger partial charge in [0.1, 0.15) is 23.8 Å². The van der Waals surface area contributed by atoms with E-state index in [-0.39, 0.29) is 5.78 Å². The topological polar surface area (TPSA) is 61.7 Å². The molecule has 2 aromatic heterocycles. The smallest absolute Gasteiger partial charge is 0.216 e. The van der Waals surface area contributed by atoms with Gasteiger partial charge in [-0.2, -0.15) is 0 Å². The molecule has 0 radical (unpaired) electrons. The highest BCUT2D eigenvalue weighted by Gasteiger charge is 2.20. The number of hydrogen-bond donors (Lipinski definition) is 2. The molecule has 0 aliphatic carbocycles. The summed E-state index contributed by atoms with van der Waals surface area (Å²) in [5, 5.41) is 1.89. The van der Waals surface area contributed by atoms with Crippen molar-refractivity contribution in [3.05, 3.63) is 31.2 Å². The van der Waals surface area contributed by atoms with Gasteiger partial charge in [-0.15, -0.1) is 11.3 Å². The van der Waals surface area contributed by atoms with Gasteiger partial charge >= 0.3 is 0 Å². The summed E-state index contributed by atoms with van der Waals surface area (Å²) in [6.07, 6.45) is 0.997. The van der Waals surface area contributed by atoms with Crippen LogP contribution in [0.5, 0.6) is 0 Å². The minimum absolute atomic E-state index is 0.0221. The van der Waals surface area contributed by atoms with Gasteiger partial charge in [-0.3, -0.25) is 4.79 Å². The van der Waals surface area contributed by atoms with E-state index in [4.69, 9.17) is 22.7 Å². The molecule has 23 heavy (non-hydrogen) atoms. The number of carbonyl (C=O) groups excluding carboxylic acids is 1. The standard InChI is InChI=1S/C15H19N3O2S3/c16-14-13(12(19)11-3-1-10-22-11)23-15(21)18(14)5-2-4-17-6-8-20-9-7-17/h1,3,10H,2,4-9,16H2/p+1. The number of nitrogen functional groups attached to an aromatic ring is 1. The number of rotatable bonds is 6. The van der Waals surface area contributed by atoms with Crippen LogP contribution in [-0.2, 0) is 11.3 Å². The molecular formula is C15H20N3O2S3+. The zero-order chi connectivity index (χ0) is 16.2. The number of ether oxygens (including phenoxy) is 1. The molecule has 1 aliphatic rings. The quantitative estimate of drug-likeness (QED) is 0.597. The van der Waals surface area contributed by atoms with Crippen molar-refractivity contribution in [2.24, 2.45) is 0 Å². The second kappa shape index (κ2) is 7.67. The lowest BCUT2D eigenvalue weighted by Gasteiger charge is -2.23. The predicted molar refractivity (Wildman–Crippen MR) is 96.3 cm³/mol. The molecule has 0 unspecified atom stereocenters. The number of hydrogen-bond acceptors (Lipinski definition) is 6. The number of aromatic nitrogens is 1. The van der Waals surface area contributed by atoms with Gasteiger partial charge in [-0.1, -0.05) is 17.4 Å². The molecule has 2 aromatic rings. The van der Waals surface area contributed by atoms with E-state index in [0.717, 1.165) is 45.8 Å². The van der Waals surface area contributed by atoms with E-state index in [2.05, 4.69) is 0 Å². The highest BCUT2D eigenvalue weighted by Crippen LogP contribution is 2.26. The van der Waals surface area contributed by atoms with Crippen LogP contribution in [0.15, 0.2) is 17.5 Å². The van der Waals surface area contributed by atoms with Gasteiger partial charge in [0, 0.05) is 13.0 Å². The number of morpholine rings is 1. The fourth-order valence-electron chi connectivity index (χ4n) is 2.71. The van der Waals surface area contributed by atoms with Crippen molar-refractivity contribution in [2.45, 2.75) is 13.0 Å². The number of carbonyl (C=O) groups is 1. The monoisotopic (exact) mass is 370 g/mol. The number of ketones is 1. The maximum Gasteiger partial charge on any atom is 0.216 e. The second-order valence-electron chi connectivity index (χ2n) is 5.51. The first kappa shape index (κ1) is 16.8. The van der Waals surface area contributed by atoms with Gasteiger partial charge in [0.2, 0.25) is 5.78 Å². The average molecular weight is 371 g/mol. The molecular weight excluding hydrogens is 350 g/mol. The van der Waals surface area contributed by atoms with Crippen molar-refractivity contribution < 1.29 is 14.4 Å². The third-order valence-corrected chi connectivity index (χ3v) is 6.33. The maximum absolute atomic E-state index is 12.5. The number of thiophene rings is 1. The summed E-state index contributed by atoms with van der Waals surface area (Å²) in [6, 6.07) is 3.69. The largest absolute Gasteiger partial charge is 0.384 e. The molecule has 0 bridgehead atoms. The van der Waals surface area contributed by atoms with E-state index in [9.17, 15) is 4.79 Å². The molecule has 1 saturated heterocycles. The van der Waals surface area contributed by atoms with Crippen LogP contribution in [0.4, 0.5) is 5.82 Å². The predicted octanol–water partition coefficient (Wildman–Crippen LogP) is 1.46. The summed E-state index contributed by atoms with van der Waals surface area (Å²) in [5.74, 6) is 0.488. The number of nitrogens with one attached hydrogen (secondary N) is 1. The highest BCUT2D eigenvalue weighted by atomic mass is 32.1. The summed E-state index contributed by atoms with van der Waals surface area (Å²) in [5.41, 5.74) is 6.19. The minimum Gasteiger partial charge on any atom is -0.384 e. The van der Waals surface area contributed by atoms with Crippen LogP contribution in [0, 0.1) is 3.95 Å². The fraction of sp³-hybridized carbons (Fsp3) is 0.467. The first-order chi connectivity index (χ1) is 11.2. The molecule has 1 aliphatic heterocycles. The lowest BCUT2D eigenvalue weighted by molar-refractivity contribution is -0.908. The number of quaternary nitrogens is 1. The molecule has 0 spiro atoms. The molecule has 0 atom stereocenters.